The third-order valence-electron chi connectivity index (χ3n) is 5.88. The van der Waals surface area contributed by atoms with Crippen molar-refractivity contribution in [1.82, 2.24) is 15.6 Å². The molecule has 29 heavy (non-hydrogen) atoms. The number of aromatic nitrogens is 1. The molecule has 5 nitrogen and oxygen atoms in total. The van der Waals surface area contributed by atoms with Crippen LogP contribution in [0.25, 0.3) is 10.9 Å². The van der Waals surface area contributed by atoms with Crippen LogP contribution in [-0.4, -0.2) is 43.2 Å². The summed E-state index contributed by atoms with van der Waals surface area (Å²) >= 11 is 0. The van der Waals surface area contributed by atoms with Gasteiger partial charge in [-0.25, -0.2) is 0 Å². The summed E-state index contributed by atoms with van der Waals surface area (Å²) in [5, 5.41) is 7.68. The highest BCUT2D eigenvalue weighted by Gasteiger charge is 2.39. The summed E-state index contributed by atoms with van der Waals surface area (Å²) in [5.41, 5.74) is 2.76. The maximum atomic E-state index is 13.0. The molecule has 1 aromatic heterocycles. The highest BCUT2D eigenvalue weighted by molar-refractivity contribution is 5.86. The van der Waals surface area contributed by atoms with Gasteiger partial charge in [-0.15, -0.1) is 12.4 Å². The number of benzene rings is 2. The Hall–Kier alpha value is -2.34. The topological polar surface area (TPSA) is 66.1 Å². The van der Waals surface area contributed by atoms with Crippen LogP contribution in [0, 0.1) is 0 Å². The number of fused-ring (bicyclic) bond motifs is 1. The van der Waals surface area contributed by atoms with E-state index in [-0.39, 0.29) is 24.2 Å². The lowest BCUT2D eigenvalue weighted by atomic mass is 9.88. The van der Waals surface area contributed by atoms with E-state index >= 15 is 0 Å². The zero-order chi connectivity index (χ0) is 19.4. The number of ether oxygens (including phenoxy) is 1. The van der Waals surface area contributed by atoms with Crippen LogP contribution < -0.4 is 10.6 Å². The van der Waals surface area contributed by atoms with Crippen LogP contribution in [0.3, 0.4) is 0 Å². The van der Waals surface area contributed by atoms with Gasteiger partial charge in [0.25, 0.3) is 5.91 Å². The number of piperidine rings is 1. The summed E-state index contributed by atoms with van der Waals surface area (Å²) < 4.78 is 5.68. The van der Waals surface area contributed by atoms with Crippen LogP contribution in [-0.2, 0) is 9.53 Å². The molecular weight excluding hydrogens is 386 g/mol. The summed E-state index contributed by atoms with van der Waals surface area (Å²) in [4.78, 5) is 16.4. The summed E-state index contributed by atoms with van der Waals surface area (Å²) in [6, 6.07) is 18.6. The number of rotatable bonds is 6. The van der Waals surface area contributed by atoms with E-state index in [0.717, 1.165) is 18.6 Å². The lowest BCUT2D eigenvalue weighted by molar-refractivity contribution is -0.146. The minimum Gasteiger partial charge on any atom is -0.368 e. The van der Waals surface area contributed by atoms with E-state index in [0.29, 0.717) is 19.4 Å². The molecule has 1 aliphatic heterocycles. The molecule has 2 aromatic carbocycles. The summed E-state index contributed by atoms with van der Waals surface area (Å²) in [6.45, 7) is 2.13. The van der Waals surface area contributed by atoms with Gasteiger partial charge in [-0.2, -0.15) is 0 Å². The number of para-hydroxylation sites is 1. The Morgan fingerprint density at radius 2 is 1.79 bits per heavy atom. The van der Waals surface area contributed by atoms with Crippen LogP contribution in [0.15, 0.2) is 60.8 Å². The lowest BCUT2D eigenvalue weighted by Crippen LogP contribution is -2.54. The van der Waals surface area contributed by atoms with Crippen LogP contribution in [0.1, 0.15) is 29.9 Å². The monoisotopic (exact) mass is 413 g/mol. The van der Waals surface area contributed by atoms with E-state index in [4.69, 9.17) is 4.74 Å². The van der Waals surface area contributed by atoms with Crippen LogP contribution in [0.5, 0.6) is 0 Å². The van der Waals surface area contributed by atoms with Gasteiger partial charge >= 0.3 is 0 Å². The Labute approximate surface area is 177 Å². The second-order valence-corrected chi connectivity index (χ2v) is 7.41. The molecule has 1 saturated heterocycles. The molecule has 4 rings (SSSR count). The summed E-state index contributed by atoms with van der Waals surface area (Å²) in [5.74, 6) is 0.0502. The largest absolute Gasteiger partial charge is 0.368 e. The average molecular weight is 414 g/mol. The van der Waals surface area contributed by atoms with Crippen molar-refractivity contribution in [1.29, 1.82) is 0 Å². The number of halogens is 1. The Balaban J connectivity index is 0.00000240. The number of amides is 1. The van der Waals surface area contributed by atoms with E-state index in [1.807, 2.05) is 24.3 Å². The first kappa shape index (κ1) is 21.4. The first-order valence-electron chi connectivity index (χ1n) is 9.89. The fraction of sp³-hybridized carbons (Fsp3) is 0.348. The maximum Gasteiger partial charge on any atom is 0.252 e. The van der Waals surface area contributed by atoms with Crippen molar-refractivity contribution >= 4 is 29.2 Å². The van der Waals surface area contributed by atoms with Gasteiger partial charge in [-0.3, -0.25) is 4.79 Å². The summed E-state index contributed by atoms with van der Waals surface area (Å²) in [6.07, 6.45) is 3.45. The first-order chi connectivity index (χ1) is 13.7. The van der Waals surface area contributed by atoms with E-state index < -0.39 is 5.60 Å². The quantitative estimate of drug-likeness (QED) is 0.578. The predicted octanol–water partition coefficient (Wildman–Crippen LogP) is 3.61. The molecule has 1 fully saturated rings. The summed E-state index contributed by atoms with van der Waals surface area (Å²) in [7, 11) is 1.64. The smallest absolute Gasteiger partial charge is 0.252 e. The Morgan fingerprint density at radius 3 is 2.52 bits per heavy atom. The zero-order valence-corrected chi connectivity index (χ0v) is 17.4. The molecule has 1 atom stereocenters. The number of aromatic amines is 1. The van der Waals surface area contributed by atoms with E-state index in [9.17, 15) is 4.79 Å². The number of carbonyl (C=O) groups excluding carboxylic acids is 1. The van der Waals surface area contributed by atoms with Gasteiger partial charge < -0.3 is 20.4 Å². The Morgan fingerprint density at radius 1 is 1.10 bits per heavy atom. The number of methoxy groups -OCH3 is 1. The van der Waals surface area contributed by atoms with Crippen molar-refractivity contribution in [2.75, 3.05) is 26.7 Å². The van der Waals surface area contributed by atoms with Crippen molar-refractivity contribution < 1.29 is 9.53 Å². The molecule has 0 aliphatic carbocycles. The highest BCUT2D eigenvalue weighted by Crippen LogP contribution is 2.31. The predicted molar refractivity (Wildman–Crippen MR) is 119 cm³/mol. The fourth-order valence-electron chi connectivity index (χ4n) is 4.19. The molecule has 0 bridgehead atoms. The Kier molecular flexibility index (Phi) is 6.96. The fourth-order valence-corrected chi connectivity index (χ4v) is 4.19. The minimum atomic E-state index is -0.729. The van der Waals surface area contributed by atoms with Crippen LogP contribution >= 0.6 is 12.4 Å². The second kappa shape index (κ2) is 9.44. The number of hydrogen-bond donors (Lipinski definition) is 3. The molecule has 6 heteroatoms. The van der Waals surface area contributed by atoms with Gasteiger partial charge in [-0.1, -0.05) is 48.5 Å². The van der Waals surface area contributed by atoms with Crippen molar-refractivity contribution in [2.45, 2.75) is 24.4 Å². The van der Waals surface area contributed by atoms with Crippen molar-refractivity contribution in [3.63, 3.8) is 0 Å². The molecule has 1 amide bonds. The molecule has 2 heterocycles. The van der Waals surface area contributed by atoms with E-state index in [1.54, 1.807) is 7.11 Å². The van der Waals surface area contributed by atoms with Gasteiger partial charge in [0, 0.05) is 36.7 Å². The normalized spacial score (nSPS) is 16.7. The SMILES string of the molecule is COC1(C(=O)NCC(c2ccccc2)c2c[nH]c3ccccc23)CCNCC1.Cl. The molecule has 0 radical (unpaired) electrons. The molecule has 3 aromatic rings. The van der Waals surface area contributed by atoms with E-state index in [1.165, 1.54) is 16.5 Å². The number of H-pyrrole nitrogens is 1. The zero-order valence-electron chi connectivity index (χ0n) is 16.6. The minimum absolute atomic E-state index is 0. The molecule has 0 spiro atoms. The van der Waals surface area contributed by atoms with Crippen LogP contribution in [0.4, 0.5) is 0 Å². The van der Waals surface area contributed by atoms with Gasteiger partial charge in [0.15, 0.2) is 0 Å². The molecular formula is C23H28ClN3O2. The number of hydrogen-bond acceptors (Lipinski definition) is 3. The van der Waals surface area contributed by atoms with Gasteiger partial charge in [-0.05, 0) is 43.1 Å². The first-order valence-corrected chi connectivity index (χ1v) is 9.89. The standard InChI is InChI=1S/C23H27N3O2.ClH/c1-28-23(11-13-24-14-12-23)22(27)26-15-19(17-7-3-2-4-8-17)20-16-25-21-10-6-5-9-18(20)21;/h2-10,16,19,24-25H,11-15H2,1H3,(H,26,27);1H. The van der Waals surface area contributed by atoms with Crippen molar-refractivity contribution in [2.24, 2.45) is 0 Å². The maximum absolute atomic E-state index is 13.0. The van der Waals surface area contributed by atoms with Crippen molar-refractivity contribution in [3.05, 3.63) is 71.9 Å². The molecule has 1 aliphatic rings. The average Bonchev–Trinajstić information content (AvgIpc) is 3.19. The molecule has 154 valence electrons. The molecule has 3 N–H and O–H groups in total. The molecule has 1 unspecified atom stereocenters. The number of carbonyl (C=O) groups is 1. The van der Waals surface area contributed by atoms with Gasteiger partial charge in [0.2, 0.25) is 0 Å². The van der Waals surface area contributed by atoms with Gasteiger partial charge in [0.05, 0.1) is 0 Å². The van der Waals surface area contributed by atoms with Crippen LogP contribution in [0.2, 0.25) is 0 Å². The van der Waals surface area contributed by atoms with Gasteiger partial charge in [0.1, 0.15) is 5.60 Å². The second-order valence-electron chi connectivity index (χ2n) is 7.41. The Bertz CT molecular complexity index is 935. The number of nitrogens with one attached hydrogen (secondary N) is 3. The third-order valence-corrected chi connectivity index (χ3v) is 5.88. The molecule has 0 saturated carbocycles. The third kappa shape index (κ3) is 4.32. The van der Waals surface area contributed by atoms with Crippen molar-refractivity contribution in [3.8, 4) is 0 Å². The highest BCUT2D eigenvalue weighted by atomic mass is 35.5. The van der Waals surface area contributed by atoms with E-state index in [2.05, 4.69) is 52.1 Å². The lowest BCUT2D eigenvalue weighted by Gasteiger charge is -2.35.